The molecule has 1 atom stereocenters. The number of carbonyl (C=O) groups excluding carboxylic acids is 1. The zero-order valence-electron chi connectivity index (χ0n) is 14.7. The number of nitrogens with zero attached hydrogens (tertiary/aromatic N) is 2. The minimum absolute atomic E-state index is 0. The van der Waals surface area contributed by atoms with Gasteiger partial charge in [-0.3, -0.25) is 4.79 Å². The van der Waals surface area contributed by atoms with Crippen LogP contribution in [-0.4, -0.2) is 62.3 Å². The van der Waals surface area contributed by atoms with Gasteiger partial charge in [0.15, 0.2) is 0 Å². The molecule has 146 valence electrons. The number of nitrogens with one attached hydrogen (secondary N) is 1. The van der Waals surface area contributed by atoms with Gasteiger partial charge in [-0.1, -0.05) is 12.1 Å². The van der Waals surface area contributed by atoms with Crippen molar-refractivity contribution >= 4 is 28.3 Å². The standard InChI is InChI=1S/C17H24FN3O3S.ClH/c1-13-12-20(11-8-19-13)17(22)14-6-9-21(10-7-14)25(23,24)16-5-3-2-4-15(16)18;/h2-5,13-14,19H,6-12H2,1H3;1H. The van der Waals surface area contributed by atoms with E-state index in [9.17, 15) is 17.6 Å². The molecular formula is C17H25ClFN3O3S. The first-order chi connectivity index (χ1) is 11.9. The molecule has 2 aliphatic heterocycles. The molecule has 0 radical (unpaired) electrons. The van der Waals surface area contributed by atoms with Gasteiger partial charge in [-0.2, -0.15) is 4.31 Å². The van der Waals surface area contributed by atoms with Gasteiger partial charge in [-0.25, -0.2) is 12.8 Å². The van der Waals surface area contributed by atoms with Crippen LogP contribution in [0.15, 0.2) is 29.2 Å². The van der Waals surface area contributed by atoms with Gasteiger partial charge < -0.3 is 10.2 Å². The first kappa shape index (κ1) is 21.1. The van der Waals surface area contributed by atoms with Crippen LogP contribution in [0.5, 0.6) is 0 Å². The molecule has 0 spiro atoms. The summed E-state index contributed by atoms with van der Waals surface area (Å²) in [5, 5.41) is 3.30. The Bertz CT molecular complexity index is 739. The summed E-state index contributed by atoms with van der Waals surface area (Å²) < 4.78 is 40.4. The number of hydrogen-bond acceptors (Lipinski definition) is 4. The van der Waals surface area contributed by atoms with E-state index in [-0.39, 0.29) is 48.3 Å². The Morgan fingerprint density at radius 1 is 1.19 bits per heavy atom. The topological polar surface area (TPSA) is 69.7 Å². The Kier molecular flexibility index (Phi) is 7.01. The average molecular weight is 406 g/mol. The highest BCUT2D eigenvalue weighted by Gasteiger charge is 2.35. The second-order valence-corrected chi connectivity index (χ2v) is 8.65. The van der Waals surface area contributed by atoms with E-state index in [1.807, 2.05) is 11.8 Å². The second-order valence-electron chi connectivity index (χ2n) is 6.75. The third-order valence-electron chi connectivity index (χ3n) is 4.94. The van der Waals surface area contributed by atoms with Crippen LogP contribution in [0, 0.1) is 11.7 Å². The minimum atomic E-state index is -3.85. The minimum Gasteiger partial charge on any atom is -0.340 e. The van der Waals surface area contributed by atoms with E-state index in [0.29, 0.717) is 25.9 Å². The van der Waals surface area contributed by atoms with Crippen molar-refractivity contribution < 1.29 is 17.6 Å². The average Bonchev–Trinajstić information content (AvgIpc) is 2.61. The largest absolute Gasteiger partial charge is 0.340 e. The molecule has 2 aliphatic rings. The summed E-state index contributed by atoms with van der Waals surface area (Å²) in [7, 11) is -3.85. The van der Waals surface area contributed by atoms with Gasteiger partial charge in [0.25, 0.3) is 0 Å². The zero-order valence-corrected chi connectivity index (χ0v) is 16.4. The maximum Gasteiger partial charge on any atom is 0.245 e. The third kappa shape index (κ3) is 4.36. The summed E-state index contributed by atoms with van der Waals surface area (Å²) in [5.41, 5.74) is 0. The van der Waals surface area contributed by atoms with E-state index in [0.717, 1.165) is 12.6 Å². The fourth-order valence-corrected chi connectivity index (χ4v) is 5.06. The lowest BCUT2D eigenvalue weighted by molar-refractivity contribution is -0.137. The first-order valence-electron chi connectivity index (χ1n) is 8.66. The molecule has 1 aromatic rings. The van der Waals surface area contributed by atoms with Gasteiger partial charge in [0, 0.05) is 44.7 Å². The third-order valence-corrected chi connectivity index (χ3v) is 6.87. The zero-order chi connectivity index (χ0) is 18.0. The van der Waals surface area contributed by atoms with Crippen molar-refractivity contribution in [2.45, 2.75) is 30.7 Å². The molecule has 1 aromatic carbocycles. The second kappa shape index (κ2) is 8.65. The summed E-state index contributed by atoms with van der Waals surface area (Å²) in [6, 6.07) is 5.68. The van der Waals surface area contributed by atoms with E-state index < -0.39 is 15.8 Å². The van der Waals surface area contributed by atoms with Crippen molar-refractivity contribution in [3.05, 3.63) is 30.1 Å². The van der Waals surface area contributed by atoms with Crippen LogP contribution < -0.4 is 5.32 Å². The Morgan fingerprint density at radius 2 is 1.85 bits per heavy atom. The number of sulfonamides is 1. The molecule has 2 saturated heterocycles. The molecule has 0 aliphatic carbocycles. The van der Waals surface area contributed by atoms with Crippen molar-refractivity contribution in [3.8, 4) is 0 Å². The van der Waals surface area contributed by atoms with Crippen LogP contribution in [0.4, 0.5) is 4.39 Å². The highest BCUT2D eigenvalue weighted by Crippen LogP contribution is 2.26. The van der Waals surface area contributed by atoms with Crippen molar-refractivity contribution in [1.82, 2.24) is 14.5 Å². The van der Waals surface area contributed by atoms with Gasteiger partial charge in [-0.05, 0) is 31.9 Å². The van der Waals surface area contributed by atoms with E-state index in [2.05, 4.69) is 5.32 Å². The van der Waals surface area contributed by atoms with Crippen LogP contribution in [0.3, 0.4) is 0 Å². The molecule has 1 amide bonds. The molecule has 6 nitrogen and oxygen atoms in total. The molecule has 3 rings (SSSR count). The lowest BCUT2D eigenvalue weighted by atomic mass is 9.96. The number of piperazine rings is 1. The van der Waals surface area contributed by atoms with Crippen LogP contribution >= 0.6 is 12.4 Å². The number of piperidine rings is 1. The molecule has 1 N–H and O–H groups in total. The number of hydrogen-bond donors (Lipinski definition) is 1. The molecule has 0 aromatic heterocycles. The number of amides is 1. The lowest BCUT2D eigenvalue weighted by Crippen LogP contribution is -2.54. The number of carbonyl (C=O) groups is 1. The highest BCUT2D eigenvalue weighted by atomic mass is 35.5. The maximum atomic E-state index is 13.9. The Labute approximate surface area is 160 Å². The molecule has 0 saturated carbocycles. The lowest BCUT2D eigenvalue weighted by Gasteiger charge is -2.37. The Morgan fingerprint density at radius 3 is 2.46 bits per heavy atom. The van der Waals surface area contributed by atoms with Crippen molar-refractivity contribution in [1.29, 1.82) is 0 Å². The van der Waals surface area contributed by atoms with E-state index in [1.54, 1.807) is 0 Å². The summed E-state index contributed by atoms with van der Waals surface area (Å²) in [5.74, 6) is -0.788. The van der Waals surface area contributed by atoms with Crippen molar-refractivity contribution in [2.24, 2.45) is 5.92 Å². The van der Waals surface area contributed by atoms with Gasteiger partial charge in [0.1, 0.15) is 10.7 Å². The Hall–Kier alpha value is -1.22. The predicted molar refractivity (Wildman–Crippen MR) is 99.2 cm³/mol. The highest BCUT2D eigenvalue weighted by molar-refractivity contribution is 7.89. The molecule has 2 fully saturated rings. The van der Waals surface area contributed by atoms with Crippen LogP contribution in [0.1, 0.15) is 19.8 Å². The number of rotatable bonds is 3. The van der Waals surface area contributed by atoms with Gasteiger partial charge >= 0.3 is 0 Å². The number of halogens is 2. The van der Waals surface area contributed by atoms with E-state index in [1.165, 1.54) is 22.5 Å². The molecule has 0 bridgehead atoms. The van der Waals surface area contributed by atoms with Gasteiger partial charge in [0.2, 0.25) is 15.9 Å². The smallest absolute Gasteiger partial charge is 0.245 e. The van der Waals surface area contributed by atoms with E-state index >= 15 is 0 Å². The Balaban J connectivity index is 0.00000243. The SMILES string of the molecule is CC1CN(C(=O)C2CCN(S(=O)(=O)c3ccccc3F)CC2)CCN1.Cl. The molecule has 2 heterocycles. The quantitative estimate of drug-likeness (QED) is 0.826. The van der Waals surface area contributed by atoms with Gasteiger partial charge in [0.05, 0.1) is 0 Å². The molecule has 26 heavy (non-hydrogen) atoms. The summed E-state index contributed by atoms with van der Waals surface area (Å²) in [4.78, 5) is 14.2. The summed E-state index contributed by atoms with van der Waals surface area (Å²) in [6.07, 6.45) is 0.954. The monoisotopic (exact) mass is 405 g/mol. The normalized spacial score (nSPS) is 22.7. The fraction of sp³-hybridized carbons (Fsp3) is 0.588. The van der Waals surface area contributed by atoms with Crippen LogP contribution in [0.2, 0.25) is 0 Å². The van der Waals surface area contributed by atoms with E-state index in [4.69, 9.17) is 0 Å². The first-order valence-corrected chi connectivity index (χ1v) is 10.1. The van der Waals surface area contributed by atoms with Crippen molar-refractivity contribution in [2.75, 3.05) is 32.7 Å². The van der Waals surface area contributed by atoms with Crippen LogP contribution in [0.25, 0.3) is 0 Å². The summed E-state index contributed by atoms with van der Waals surface area (Å²) >= 11 is 0. The summed E-state index contributed by atoms with van der Waals surface area (Å²) in [6.45, 7) is 4.70. The predicted octanol–water partition coefficient (Wildman–Crippen LogP) is 1.47. The molecule has 1 unspecified atom stereocenters. The maximum absolute atomic E-state index is 13.9. The van der Waals surface area contributed by atoms with Crippen LogP contribution in [-0.2, 0) is 14.8 Å². The molecule has 9 heteroatoms. The van der Waals surface area contributed by atoms with Crippen molar-refractivity contribution in [3.63, 3.8) is 0 Å². The molecular weight excluding hydrogens is 381 g/mol. The number of benzene rings is 1. The van der Waals surface area contributed by atoms with Gasteiger partial charge in [-0.15, -0.1) is 12.4 Å². The fourth-order valence-electron chi connectivity index (χ4n) is 3.53.